The van der Waals surface area contributed by atoms with Crippen LogP contribution in [0.4, 0.5) is 0 Å². The van der Waals surface area contributed by atoms with Gasteiger partial charge < -0.3 is 10.1 Å². The predicted molar refractivity (Wildman–Crippen MR) is 71.7 cm³/mol. The van der Waals surface area contributed by atoms with Crippen LogP contribution in [0.15, 0.2) is 41.4 Å². The van der Waals surface area contributed by atoms with E-state index in [9.17, 15) is 0 Å². The van der Waals surface area contributed by atoms with Crippen molar-refractivity contribution < 1.29 is 4.74 Å². The van der Waals surface area contributed by atoms with E-state index in [0.29, 0.717) is 6.61 Å². The third kappa shape index (κ3) is 6.77. The molecule has 0 saturated carbocycles. The van der Waals surface area contributed by atoms with Crippen LogP contribution in [0.2, 0.25) is 0 Å². The molecule has 0 spiro atoms. The van der Waals surface area contributed by atoms with Crippen molar-refractivity contribution in [1.29, 1.82) is 0 Å². The van der Waals surface area contributed by atoms with E-state index in [-0.39, 0.29) is 0 Å². The van der Waals surface area contributed by atoms with Gasteiger partial charge in [0, 0.05) is 17.6 Å². The van der Waals surface area contributed by atoms with Crippen LogP contribution >= 0.6 is 15.9 Å². The fraction of sp³-hybridized carbons (Fsp3) is 0.385. The van der Waals surface area contributed by atoms with Gasteiger partial charge in [0.15, 0.2) is 0 Å². The second-order valence-electron chi connectivity index (χ2n) is 3.59. The summed E-state index contributed by atoms with van der Waals surface area (Å²) in [7, 11) is 0. The Morgan fingerprint density at radius 3 is 2.75 bits per heavy atom. The van der Waals surface area contributed by atoms with Crippen LogP contribution in [0.3, 0.4) is 0 Å². The van der Waals surface area contributed by atoms with E-state index in [1.807, 2.05) is 6.07 Å². The molecule has 0 saturated heterocycles. The minimum atomic E-state index is 0.596. The first-order chi connectivity index (χ1) is 7.79. The summed E-state index contributed by atoms with van der Waals surface area (Å²) in [6.07, 6.45) is 1.02. The summed E-state index contributed by atoms with van der Waals surface area (Å²) < 4.78 is 6.25. The first-order valence-electron chi connectivity index (χ1n) is 5.44. The SMILES string of the molecule is C=C(Br)COCCCNCc1ccccc1. The molecule has 0 radical (unpaired) electrons. The Hall–Kier alpha value is -0.640. The molecule has 16 heavy (non-hydrogen) atoms. The van der Waals surface area contributed by atoms with Gasteiger partial charge in [-0.15, -0.1) is 0 Å². The third-order valence-corrected chi connectivity index (χ3v) is 2.30. The van der Waals surface area contributed by atoms with Gasteiger partial charge in [-0.25, -0.2) is 0 Å². The highest BCUT2D eigenvalue weighted by Crippen LogP contribution is 2.00. The summed E-state index contributed by atoms with van der Waals surface area (Å²) in [5.41, 5.74) is 1.32. The van der Waals surface area contributed by atoms with Crippen molar-refractivity contribution in [3.05, 3.63) is 47.0 Å². The zero-order chi connectivity index (χ0) is 11.6. The molecule has 1 rings (SSSR count). The van der Waals surface area contributed by atoms with E-state index in [1.165, 1.54) is 5.56 Å². The van der Waals surface area contributed by atoms with Crippen molar-refractivity contribution >= 4 is 15.9 Å². The highest BCUT2D eigenvalue weighted by Gasteiger charge is 1.92. The number of hydrogen-bond donors (Lipinski definition) is 1. The normalized spacial score (nSPS) is 10.3. The molecule has 0 amide bonds. The van der Waals surface area contributed by atoms with Gasteiger partial charge in [0.25, 0.3) is 0 Å². The summed E-state index contributed by atoms with van der Waals surface area (Å²) >= 11 is 3.25. The highest BCUT2D eigenvalue weighted by atomic mass is 79.9. The molecule has 88 valence electrons. The second-order valence-corrected chi connectivity index (χ2v) is 4.71. The quantitative estimate of drug-likeness (QED) is 0.741. The number of ether oxygens (including phenoxy) is 1. The van der Waals surface area contributed by atoms with Crippen molar-refractivity contribution in [2.75, 3.05) is 19.8 Å². The Morgan fingerprint density at radius 1 is 1.31 bits per heavy atom. The van der Waals surface area contributed by atoms with Crippen LogP contribution in [-0.4, -0.2) is 19.8 Å². The molecule has 3 heteroatoms. The molecule has 0 aromatic heterocycles. The molecule has 0 fully saturated rings. The van der Waals surface area contributed by atoms with Gasteiger partial charge in [0.2, 0.25) is 0 Å². The van der Waals surface area contributed by atoms with Crippen molar-refractivity contribution in [3.63, 3.8) is 0 Å². The maximum atomic E-state index is 5.36. The van der Waals surface area contributed by atoms with E-state index >= 15 is 0 Å². The van der Waals surface area contributed by atoms with E-state index in [0.717, 1.165) is 30.6 Å². The minimum Gasteiger partial charge on any atom is -0.376 e. The Labute approximate surface area is 106 Å². The minimum absolute atomic E-state index is 0.596. The van der Waals surface area contributed by atoms with Gasteiger partial charge in [-0.05, 0) is 18.5 Å². The molecule has 0 aliphatic carbocycles. The highest BCUT2D eigenvalue weighted by molar-refractivity contribution is 9.11. The van der Waals surface area contributed by atoms with Crippen LogP contribution in [0.5, 0.6) is 0 Å². The molecule has 0 unspecified atom stereocenters. The fourth-order valence-corrected chi connectivity index (χ4v) is 1.47. The Balaban J connectivity index is 1.94. The topological polar surface area (TPSA) is 21.3 Å². The number of hydrogen-bond acceptors (Lipinski definition) is 2. The maximum absolute atomic E-state index is 5.36. The number of benzene rings is 1. The van der Waals surface area contributed by atoms with E-state index in [2.05, 4.69) is 52.1 Å². The zero-order valence-electron chi connectivity index (χ0n) is 9.42. The summed E-state index contributed by atoms with van der Waals surface area (Å²) in [4.78, 5) is 0. The maximum Gasteiger partial charge on any atom is 0.0775 e. The van der Waals surface area contributed by atoms with Gasteiger partial charge in [-0.1, -0.05) is 52.8 Å². The lowest BCUT2D eigenvalue weighted by Gasteiger charge is -2.05. The predicted octanol–water partition coefficient (Wildman–Crippen LogP) is 3.09. The zero-order valence-corrected chi connectivity index (χ0v) is 11.0. The lowest BCUT2D eigenvalue weighted by molar-refractivity contribution is 0.158. The molecule has 1 aromatic rings. The lowest BCUT2D eigenvalue weighted by atomic mass is 10.2. The van der Waals surface area contributed by atoms with Gasteiger partial charge in [-0.3, -0.25) is 0 Å². The Morgan fingerprint density at radius 2 is 2.06 bits per heavy atom. The molecule has 0 heterocycles. The van der Waals surface area contributed by atoms with Crippen molar-refractivity contribution in [1.82, 2.24) is 5.32 Å². The van der Waals surface area contributed by atoms with Crippen LogP contribution in [0.1, 0.15) is 12.0 Å². The van der Waals surface area contributed by atoms with Gasteiger partial charge in [0.05, 0.1) is 6.61 Å². The molecule has 2 nitrogen and oxygen atoms in total. The molecular formula is C13H18BrNO. The molecular weight excluding hydrogens is 266 g/mol. The number of rotatable bonds is 8. The fourth-order valence-electron chi connectivity index (χ4n) is 1.31. The average molecular weight is 284 g/mol. The van der Waals surface area contributed by atoms with Crippen LogP contribution < -0.4 is 5.32 Å². The van der Waals surface area contributed by atoms with E-state index in [4.69, 9.17) is 4.74 Å². The number of nitrogens with one attached hydrogen (secondary N) is 1. The third-order valence-electron chi connectivity index (χ3n) is 2.07. The Kier molecular flexibility index (Phi) is 7.14. The first kappa shape index (κ1) is 13.4. The first-order valence-corrected chi connectivity index (χ1v) is 6.24. The summed E-state index contributed by atoms with van der Waals surface area (Å²) in [6, 6.07) is 10.4. The Bertz CT molecular complexity index is 300. The van der Waals surface area contributed by atoms with Crippen molar-refractivity contribution in [2.45, 2.75) is 13.0 Å². The number of halogens is 1. The lowest BCUT2D eigenvalue weighted by Crippen LogP contribution is -2.16. The van der Waals surface area contributed by atoms with Crippen LogP contribution in [0, 0.1) is 0 Å². The molecule has 1 N–H and O–H groups in total. The smallest absolute Gasteiger partial charge is 0.0775 e. The summed E-state index contributed by atoms with van der Waals surface area (Å²) in [5, 5.41) is 3.38. The summed E-state index contributed by atoms with van der Waals surface area (Å²) in [5.74, 6) is 0. The molecule has 0 bridgehead atoms. The van der Waals surface area contributed by atoms with Crippen molar-refractivity contribution in [2.24, 2.45) is 0 Å². The van der Waals surface area contributed by atoms with Gasteiger partial charge >= 0.3 is 0 Å². The summed E-state index contributed by atoms with van der Waals surface area (Å²) in [6.45, 7) is 6.97. The molecule has 0 aliphatic rings. The van der Waals surface area contributed by atoms with E-state index in [1.54, 1.807) is 0 Å². The van der Waals surface area contributed by atoms with Crippen LogP contribution in [-0.2, 0) is 11.3 Å². The second kappa shape index (κ2) is 8.50. The molecule has 1 aromatic carbocycles. The monoisotopic (exact) mass is 283 g/mol. The standard InChI is InChI=1S/C13H18BrNO/c1-12(14)11-16-9-5-8-15-10-13-6-3-2-4-7-13/h2-4,6-7,15H,1,5,8-11H2. The van der Waals surface area contributed by atoms with E-state index < -0.39 is 0 Å². The van der Waals surface area contributed by atoms with Crippen molar-refractivity contribution in [3.8, 4) is 0 Å². The largest absolute Gasteiger partial charge is 0.376 e. The molecule has 0 atom stereocenters. The van der Waals surface area contributed by atoms with Crippen LogP contribution in [0.25, 0.3) is 0 Å². The van der Waals surface area contributed by atoms with Gasteiger partial charge in [-0.2, -0.15) is 0 Å². The van der Waals surface area contributed by atoms with Gasteiger partial charge in [0.1, 0.15) is 0 Å². The average Bonchev–Trinajstić information content (AvgIpc) is 2.29. The molecule has 0 aliphatic heterocycles.